The summed E-state index contributed by atoms with van der Waals surface area (Å²) in [7, 11) is 0. The van der Waals surface area contributed by atoms with Crippen molar-refractivity contribution in [2.75, 3.05) is 13.1 Å². The van der Waals surface area contributed by atoms with Crippen molar-refractivity contribution >= 4 is 5.78 Å². The number of fused-ring (bicyclic) bond motifs is 8. The molecule has 7 heteroatoms. The van der Waals surface area contributed by atoms with Crippen molar-refractivity contribution in [1.82, 2.24) is 10.5 Å². The van der Waals surface area contributed by atoms with Crippen LogP contribution < -0.4 is 5.32 Å². The number of aromatic nitrogens is 1. The van der Waals surface area contributed by atoms with E-state index in [1.54, 1.807) is 0 Å². The second-order valence-corrected chi connectivity index (χ2v) is 16.1. The number of ketones is 1. The van der Waals surface area contributed by atoms with E-state index < -0.39 is 12.7 Å². The molecule has 4 unspecified atom stereocenters. The van der Waals surface area contributed by atoms with Gasteiger partial charge in [0.15, 0.2) is 0 Å². The van der Waals surface area contributed by atoms with E-state index in [2.05, 4.69) is 52.0 Å². The molecule has 0 aliphatic heterocycles. The van der Waals surface area contributed by atoms with Crippen LogP contribution in [0.4, 0.5) is 13.2 Å². The Bertz CT molecular complexity index is 1140. The van der Waals surface area contributed by atoms with Crippen molar-refractivity contribution in [3.63, 3.8) is 0 Å². The monoisotopic (exact) mass is 548 g/mol. The highest BCUT2D eigenvalue weighted by molar-refractivity contribution is 5.83. The summed E-state index contributed by atoms with van der Waals surface area (Å²) in [6.45, 7) is 13.5. The Labute approximate surface area is 231 Å². The topological polar surface area (TPSA) is 55.1 Å². The van der Waals surface area contributed by atoms with Crippen molar-refractivity contribution in [1.29, 1.82) is 0 Å². The van der Waals surface area contributed by atoms with E-state index in [0.29, 0.717) is 36.5 Å². The molecule has 39 heavy (non-hydrogen) atoms. The molecule has 0 saturated heterocycles. The average molecular weight is 549 g/mol. The highest BCUT2D eigenvalue weighted by Gasteiger charge is 2.68. The molecule has 4 nitrogen and oxygen atoms in total. The number of alkyl halides is 3. The number of nitrogens with one attached hydrogen (secondary N) is 1. The van der Waals surface area contributed by atoms with Crippen LogP contribution in [0.25, 0.3) is 0 Å². The van der Waals surface area contributed by atoms with Gasteiger partial charge in [0.05, 0.1) is 12.7 Å². The minimum atomic E-state index is -4.22. The van der Waals surface area contributed by atoms with Gasteiger partial charge in [-0.25, -0.2) is 0 Å². The van der Waals surface area contributed by atoms with Gasteiger partial charge >= 0.3 is 6.18 Å². The third kappa shape index (κ3) is 4.09. The SMILES string of the molecule is CC1(C)CC[C@]2(CNCC(F)(F)F)CCC3C(C(=O)C[C@H]4[C@@]3(C)CCC3C(C)(C)c5oncc5C[C@@]34C)C2C1. The standard InChI is InChI=1S/C32H47F3N2O2/c1-27(2)11-12-31(17-36-18-32(33,34)35)10-7-20-25(21(31)15-27)22(38)13-24-29(20,5)9-8-23-28(3,4)26-19(16-37-39-26)14-30(23,24)6/h16,20-21,23-25,36H,7-15,17-18H2,1-6H3/t20?,21?,23?,24-,25?,29-,30-,31-/m0/s1. The van der Waals surface area contributed by atoms with Crippen LogP contribution in [0, 0.1) is 51.2 Å². The molecule has 4 saturated carbocycles. The zero-order valence-corrected chi connectivity index (χ0v) is 24.6. The Kier molecular flexibility index (Phi) is 6.11. The van der Waals surface area contributed by atoms with Gasteiger partial charge in [0, 0.05) is 29.9 Å². The molecule has 1 heterocycles. The quantitative estimate of drug-likeness (QED) is 0.425. The minimum absolute atomic E-state index is 0.00960. The first-order chi connectivity index (χ1) is 18.0. The van der Waals surface area contributed by atoms with Crippen molar-refractivity contribution in [2.24, 2.45) is 51.2 Å². The summed E-state index contributed by atoms with van der Waals surface area (Å²) in [5.41, 5.74) is 1.02. The normalized spacial score (nSPS) is 44.4. The van der Waals surface area contributed by atoms with Crippen LogP contribution in [-0.4, -0.2) is 30.2 Å². The van der Waals surface area contributed by atoms with E-state index in [0.717, 1.165) is 57.1 Å². The van der Waals surface area contributed by atoms with Gasteiger partial charge in [-0.1, -0.05) is 46.7 Å². The molecular formula is C32H47F3N2O2. The number of Topliss-reactive ketones (excluding diaryl/α,β-unsaturated/α-hetero) is 1. The number of hydrogen-bond acceptors (Lipinski definition) is 4. The Balaban J connectivity index is 1.35. The molecule has 0 bridgehead atoms. The summed E-state index contributed by atoms with van der Waals surface area (Å²) < 4.78 is 45.1. The summed E-state index contributed by atoms with van der Waals surface area (Å²) in [5.74, 6) is 2.57. The average Bonchev–Trinajstić information content (AvgIpc) is 3.28. The molecule has 6 rings (SSSR count). The van der Waals surface area contributed by atoms with E-state index in [4.69, 9.17) is 4.52 Å². The van der Waals surface area contributed by atoms with E-state index in [1.807, 2.05) is 6.20 Å². The van der Waals surface area contributed by atoms with Crippen LogP contribution in [0.1, 0.15) is 104 Å². The van der Waals surface area contributed by atoms with Crippen LogP contribution >= 0.6 is 0 Å². The Morgan fingerprint density at radius 1 is 0.974 bits per heavy atom. The number of carbonyl (C=O) groups excluding carboxylic acids is 1. The lowest BCUT2D eigenvalue weighted by atomic mass is 9.35. The lowest BCUT2D eigenvalue weighted by molar-refractivity contribution is -0.195. The Hall–Kier alpha value is -1.37. The smallest absolute Gasteiger partial charge is 0.361 e. The summed E-state index contributed by atoms with van der Waals surface area (Å²) in [4.78, 5) is 14.4. The number of carbonyl (C=O) groups is 1. The first kappa shape index (κ1) is 27.8. The maximum atomic E-state index is 14.4. The first-order valence-corrected chi connectivity index (χ1v) is 15.3. The third-order valence-corrected chi connectivity index (χ3v) is 13.1. The predicted molar refractivity (Wildman–Crippen MR) is 144 cm³/mol. The van der Waals surface area contributed by atoms with Gasteiger partial charge < -0.3 is 9.84 Å². The van der Waals surface area contributed by atoms with E-state index in [1.165, 1.54) is 5.56 Å². The van der Waals surface area contributed by atoms with E-state index >= 15 is 0 Å². The predicted octanol–water partition coefficient (Wildman–Crippen LogP) is 7.51. The van der Waals surface area contributed by atoms with E-state index in [-0.39, 0.29) is 38.9 Å². The number of halogens is 3. The Morgan fingerprint density at radius 3 is 2.44 bits per heavy atom. The molecule has 4 fully saturated rings. The molecule has 218 valence electrons. The zero-order chi connectivity index (χ0) is 28.2. The zero-order valence-electron chi connectivity index (χ0n) is 24.6. The molecule has 1 aromatic rings. The Morgan fingerprint density at radius 2 is 1.72 bits per heavy atom. The van der Waals surface area contributed by atoms with Gasteiger partial charge in [-0.3, -0.25) is 4.79 Å². The second kappa shape index (κ2) is 8.58. The van der Waals surface area contributed by atoms with Crippen molar-refractivity contribution in [3.8, 4) is 0 Å². The third-order valence-electron chi connectivity index (χ3n) is 13.1. The molecule has 0 radical (unpaired) electrons. The van der Waals surface area contributed by atoms with Crippen LogP contribution in [0.15, 0.2) is 10.7 Å². The molecular weight excluding hydrogens is 501 g/mol. The van der Waals surface area contributed by atoms with Crippen molar-refractivity contribution in [3.05, 3.63) is 17.5 Å². The van der Waals surface area contributed by atoms with Crippen LogP contribution in [0.2, 0.25) is 0 Å². The van der Waals surface area contributed by atoms with Crippen LogP contribution in [0.3, 0.4) is 0 Å². The highest BCUT2D eigenvalue weighted by atomic mass is 19.4. The van der Waals surface area contributed by atoms with Crippen LogP contribution in [0.5, 0.6) is 0 Å². The number of nitrogens with zero attached hydrogens (tertiary/aromatic N) is 1. The fourth-order valence-electron chi connectivity index (χ4n) is 11.5. The highest BCUT2D eigenvalue weighted by Crippen LogP contribution is 2.72. The summed E-state index contributed by atoms with van der Waals surface area (Å²) in [5, 5.41) is 6.97. The molecule has 5 aliphatic rings. The second-order valence-electron chi connectivity index (χ2n) is 16.1. The molecule has 1 N–H and O–H groups in total. The van der Waals surface area contributed by atoms with Crippen molar-refractivity contribution in [2.45, 2.75) is 111 Å². The fraction of sp³-hybridized carbons (Fsp3) is 0.875. The van der Waals surface area contributed by atoms with Gasteiger partial charge in [0.25, 0.3) is 0 Å². The number of rotatable bonds is 3. The summed E-state index contributed by atoms with van der Waals surface area (Å²) >= 11 is 0. The summed E-state index contributed by atoms with van der Waals surface area (Å²) in [6, 6.07) is 0. The molecule has 0 spiro atoms. The minimum Gasteiger partial charge on any atom is -0.361 e. The van der Waals surface area contributed by atoms with Gasteiger partial charge in [-0.05, 0) is 96.7 Å². The molecule has 0 amide bonds. The largest absolute Gasteiger partial charge is 0.401 e. The maximum absolute atomic E-state index is 14.4. The number of hydrogen-bond donors (Lipinski definition) is 1. The van der Waals surface area contributed by atoms with E-state index in [9.17, 15) is 18.0 Å². The van der Waals surface area contributed by atoms with Gasteiger partial charge in [0.2, 0.25) is 0 Å². The maximum Gasteiger partial charge on any atom is 0.401 e. The molecule has 0 aromatic carbocycles. The van der Waals surface area contributed by atoms with Gasteiger partial charge in [0.1, 0.15) is 11.5 Å². The molecule has 8 atom stereocenters. The molecule has 1 aromatic heterocycles. The first-order valence-electron chi connectivity index (χ1n) is 15.3. The van der Waals surface area contributed by atoms with Crippen molar-refractivity contribution < 1.29 is 22.5 Å². The lowest BCUT2D eigenvalue weighted by Crippen LogP contribution is -2.66. The van der Waals surface area contributed by atoms with Gasteiger partial charge in [-0.2, -0.15) is 13.2 Å². The van der Waals surface area contributed by atoms with Crippen LogP contribution in [-0.2, 0) is 16.6 Å². The fourth-order valence-corrected chi connectivity index (χ4v) is 11.5. The molecule has 5 aliphatic carbocycles. The summed E-state index contributed by atoms with van der Waals surface area (Å²) in [6.07, 6.45) is 6.15. The lowest BCUT2D eigenvalue weighted by Gasteiger charge is -2.68. The van der Waals surface area contributed by atoms with Gasteiger partial charge in [-0.15, -0.1) is 0 Å².